The fraction of sp³-hybridized carbons (Fsp3) is 0.297. The van der Waals surface area contributed by atoms with Gasteiger partial charge in [0.1, 0.15) is 11.5 Å². The van der Waals surface area contributed by atoms with Crippen molar-refractivity contribution < 1.29 is 19.2 Å². The average Bonchev–Trinajstić information content (AvgIpc) is 3.71. The maximum absolute atomic E-state index is 13.8. The molecule has 4 amide bonds. The van der Waals surface area contributed by atoms with Gasteiger partial charge in [-0.3, -0.25) is 24.1 Å². The molecule has 0 spiro atoms. The molecule has 48 heavy (non-hydrogen) atoms. The summed E-state index contributed by atoms with van der Waals surface area (Å²) in [6.45, 7) is 6.13. The van der Waals surface area contributed by atoms with Crippen molar-refractivity contribution in [2.24, 2.45) is 0 Å². The van der Waals surface area contributed by atoms with Crippen LogP contribution in [0.1, 0.15) is 50.6 Å². The van der Waals surface area contributed by atoms with E-state index < -0.39 is 11.1 Å². The predicted molar refractivity (Wildman–Crippen MR) is 192 cm³/mol. The highest BCUT2D eigenvalue weighted by molar-refractivity contribution is 8.18. The van der Waals surface area contributed by atoms with Crippen molar-refractivity contribution in [2.75, 3.05) is 42.9 Å². The molecule has 2 saturated heterocycles. The number of rotatable bonds is 7. The number of fused-ring (bicyclic) bond motifs is 1. The van der Waals surface area contributed by atoms with Gasteiger partial charge < -0.3 is 19.7 Å². The van der Waals surface area contributed by atoms with Gasteiger partial charge in [-0.25, -0.2) is 0 Å². The summed E-state index contributed by atoms with van der Waals surface area (Å²) >= 11 is 2.52. The topological polar surface area (TPSA) is 95.0 Å². The highest BCUT2D eigenvalue weighted by Crippen LogP contribution is 2.40. The van der Waals surface area contributed by atoms with Gasteiger partial charge in [0.25, 0.3) is 17.1 Å². The number of piperazine rings is 1. The maximum atomic E-state index is 13.8. The maximum Gasteiger partial charge on any atom is 0.294 e. The number of aryl methyl sites for hydroxylation is 2. The second kappa shape index (κ2) is 13.5. The molecule has 4 aromatic rings. The van der Waals surface area contributed by atoms with Gasteiger partial charge in [-0.05, 0) is 98.8 Å². The molecule has 9 nitrogen and oxygen atoms in total. The lowest BCUT2D eigenvalue weighted by Crippen LogP contribution is -2.51. The fourth-order valence-electron chi connectivity index (χ4n) is 6.77. The Kier molecular flexibility index (Phi) is 8.98. The van der Waals surface area contributed by atoms with Crippen LogP contribution in [0.25, 0.3) is 11.1 Å². The Labute approximate surface area is 288 Å². The zero-order chi connectivity index (χ0) is 33.4. The first kappa shape index (κ1) is 32.0. The second-order valence-electron chi connectivity index (χ2n) is 12.3. The molecule has 4 heterocycles. The lowest BCUT2D eigenvalue weighted by Gasteiger charge is -2.36. The van der Waals surface area contributed by atoms with Crippen LogP contribution < -0.4 is 10.2 Å². The minimum Gasteiger partial charge on any atom is -0.368 e. The minimum absolute atomic E-state index is 0.128. The van der Waals surface area contributed by atoms with E-state index in [1.165, 1.54) is 4.88 Å². The number of thioether (sulfide) groups is 1. The molecule has 0 unspecified atom stereocenters. The van der Waals surface area contributed by atoms with E-state index >= 15 is 0 Å². The number of benzene rings is 2. The molecule has 0 saturated carbocycles. The van der Waals surface area contributed by atoms with Crippen LogP contribution in [0.4, 0.5) is 16.2 Å². The van der Waals surface area contributed by atoms with Crippen LogP contribution in [-0.4, -0.2) is 70.1 Å². The van der Waals surface area contributed by atoms with Gasteiger partial charge in [-0.1, -0.05) is 36.4 Å². The van der Waals surface area contributed by atoms with Crippen LogP contribution >= 0.6 is 23.1 Å². The number of anilines is 2. The molecule has 2 aliphatic heterocycles. The molecule has 1 aliphatic carbocycles. The monoisotopic (exact) mass is 679 g/mol. The number of hydrogen-bond acceptors (Lipinski definition) is 7. The van der Waals surface area contributed by atoms with Crippen molar-refractivity contribution in [3.8, 4) is 5.00 Å². The number of aromatic nitrogens is 1. The molecule has 1 N–H and O–H groups in total. The summed E-state index contributed by atoms with van der Waals surface area (Å²) in [5, 5.41) is 3.52. The molecular formula is C37H37N5O4S2. The summed E-state index contributed by atoms with van der Waals surface area (Å²) in [4.78, 5) is 60.0. The van der Waals surface area contributed by atoms with Gasteiger partial charge in [0.15, 0.2) is 0 Å². The van der Waals surface area contributed by atoms with Crippen LogP contribution in [0.15, 0.2) is 71.6 Å². The summed E-state index contributed by atoms with van der Waals surface area (Å²) in [5.41, 5.74) is 6.28. The Morgan fingerprint density at radius 3 is 2.31 bits per heavy atom. The van der Waals surface area contributed by atoms with Crippen molar-refractivity contribution >= 4 is 63.5 Å². The van der Waals surface area contributed by atoms with Crippen molar-refractivity contribution in [3.05, 3.63) is 105 Å². The average molecular weight is 680 g/mol. The number of carbonyl (C=O) groups is 4. The van der Waals surface area contributed by atoms with E-state index in [2.05, 4.69) is 26.9 Å². The SMILES string of the molecule is Cc1cc(/C=C2/SC(=O)N(CC(=O)N3CCN(c4ccccc4)CC3)C2=O)c(C)n1-c1sc2c(c1C(=O)Nc1ccccc1)CCCC2. The lowest BCUT2D eigenvalue weighted by molar-refractivity contribution is -0.136. The summed E-state index contributed by atoms with van der Waals surface area (Å²) in [7, 11) is 0. The number of hydrogen-bond donors (Lipinski definition) is 1. The number of carbonyl (C=O) groups excluding carboxylic acids is 4. The van der Waals surface area contributed by atoms with Crippen LogP contribution in [0.5, 0.6) is 0 Å². The van der Waals surface area contributed by atoms with Crippen LogP contribution in [-0.2, 0) is 22.4 Å². The predicted octanol–water partition coefficient (Wildman–Crippen LogP) is 6.67. The minimum atomic E-state index is -0.458. The number of nitrogens with one attached hydrogen (secondary N) is 1. The van der Waals surface area contributed by atoms with E-state index in [1.54, 1.807) is 22.3 Å². The number of imide groups is 1. The molecule has 2 fully saturated rings. The van der Waals surface area contributed by atoms with Gasteiger partial charge in [-0.15, -0.1) is 11.3 Å². The van der Waals surface area contributed by atoms with E-state index in [0.29, 0.717) is 31.7 Å². The number of nitrogens with zero attached hydrogens (tertiary/aromatic N) is 4. The Morgan fingerprint density at radius 1 is 0.896 bits per heavy atom. The van der Waals surface area contributed by atoms with E-state index in [-0.39, 0.29) is 23.3 Å². The molecular weight excluding hydrogens is 643 g/mol. The van der Waals surface area contributed by atoms with Crippen molar-refractivity contribution in [1.29, 1.82) is 0 Å². The Morgan fingerprint density at radius 2 is 1.58 bits per heavy atom. The normalized spacial score (nSPS) is 17.3. The third-order valence-corrected chi connectivity index (χ3v) is 11.5. The van der Waals surface area contributed by atoms with Crippen LogP contribution in [0, 0.1) is 13.8 Å². The van der Waals surface area contributed by atoms with Gasteiger partial charge in [-0.2, -0.15) is 0 Å². The Bertz CT molecular complexity index is 1920. The largest absolute Gasteiger partial charge is 0.368 e. The van der Waals surface area contributed by atoms with Gasteiger partial charge in [0, 0.05) is 53.8 Å². The van der Waals surface area contributed by atoms with E-state index in [9.17, 15) is 19.2 Å². The molecule has 3 aliphatic rings. The summed E-state index contributed by atoms with van der Waals surface area (Å²) in [6.07, 6.45) is 5.70. The third kappa shape index (κ3) is 6.20. The number of thiophene rings is 1. The van der Waals surface area contributed by atoms with Crippen molar-refractivity contribution in [2.45, 2.75) is 39.5 Å². The third-order valence-electron chi connectivity index (χ3n) is 9.29. The summed E-state index contributed by atoms with van der Waals surface area (Å²) in [6, 6.07) is 21.5. The molecule has 11 heteroatoms. The first-order valence-corrected chi connectivity index (χ1v) is 17.9. The smallest absolute Gasteiger partial charge is 0.294 e. The van der Waals surface area contributed by atoms with Crippen molar-refractivity contribution in [1.82, 2.24) is 14.4 Å². The van der Waals surface area contributed by atoms with Gasteiger partial charge in [0.05, 0.1) is 10.5 Å². The molecule has 0 radical (unpaired) electrons. The van der Waals surface area contributed by atoms with Crippen LogP contribution in [0.3, 0.4) is 0 Å². The molecule has 2 aromatic carbocycles. The first-order chi connectivity index (χ1) is 23.3. The number of amides is 4. The summed E-state index contributed by atoms with van der Waals surface area (Å²) < 4.78 is 2.09. The highest BCUT2D eigenvalue weighted by Gasteiger charge is 2.38. The highest BCUT2D eigenvalue weighted by atomic mass is 32.2. The zero-order valence-electron chi connectivity index (χ0n) is 27.0. The van der Waals surface area contributed by atoms with Gasteiger partial charge in [0.2, 0.25) is 5.91 Å². The van der Waals surface area contributed by atoms with Crippen LogP contribution in [0.2, 0.25) is 0 Å². The second-order valence-corrected chi connectivity index (χ2v) is 14.4. The summed E-state index contributed by atoms with van der Waals surface area (Å²) in [5.74, 6) is -0.815. The molecule has 0 atom stereocenters. The lowest BCUT2D eigenvalue weighted by atomic mass is 9.95. The standard InChI is InChI=1S/C37H37N5O4S2/c1-24-21-26(25(2)42(24)36-33(29-15-9-10-16-30(29)47-36)34(44)38-27-11-5-3-6-12-27)22-31-35(45)41(37(46)48-31)23-32(43)40-19-17-39(18-20-40)28-13-7-4-8-14-28/h3-8,11-14,21-22H,9-10,15-20,23H2,1-2H3,(H,38,44)/b31-22+. The first-order valence-electron chi connectivity index (χ1n) is 16.3. The Hall–Kier alpha value is -4.61. The Balaban J connectivity index is 1.09. The molecule has 2 aromatic heterocycles. The van der Waals surface area contributed by atoms with E-state index in [0.717, 1.165) is 81.2 Å². The van der Waals surface area contributed by atoms with E-state index in [4.69, 9.17) is 0 Å². The number of para-hydroxylation sites is 2. The molecule has 7 rings (SSSR count). The molecule has 0 bridgehead atoms. The zero-order valence-corrected chi connectivity index (χ0v) is 28.7. The quantitative estimate of drug-likeness (QED) is 0.219. The van der Waals surface area contributed by atoms with Gasteiger partial charge >= 0.3 is 0 Å². The molecule has 246 valence electrons. The van der Waals surface area contributed by atoms with Crippen molar-refractivity contribution in [3.63, 3.8) is 0 Å². The van der Waals surface area contributed by atoms with E-state index in [1.807, 2.05) is 68.4 Å². The fourth-order valence-corrected chi connectivity index (χ4v) is 9.10.